The van der Waals surface area contributed by atoms with Gasteiger partial charge in [-0.05, 0) is 50.1 Å². The van der Waals surface area contributed by atoms with Gasteiger partial charge in [-0.2, -0.15) is 4.98 Å². The van der Waals surface area contributed by atoms with Crippen molar-refractivity contribution < 1.29 is 9.32 Å². The van der Waals surface area contributed by atoms with Gasteiger partial charge in [-0.15, -0.1) is 0 Å². The molecule has 29 heavy (non-hydrogen) atoms. The standard InChI is InChI=1S/C22H23ClN4O2/c1-15-12-18(23)9-10-19(15)24-22(28)17-8-5-11-27(13-17)14-20-25-21(26-29-20)16-6-3-2-4-7-16/h2-4,6-7,9-10,12,17H,5,8,11,13-14H2,1H3,(H,24,28). The third kappa shape index (κ3) is 4.83. The van der Waals surface area contributed by atoms with Gasteiger partial charge in [0.1, 0.15) is 0 Å². The molecule has 2 aromatic carbocycles. The lowest BCUT2D eigenvalue weighted by Gasteiger charge is -2.31. The Morgan fingerprint density at radius 1 is 1.28 bits per heavy atom. The van der Waals surface area contributed by atoms with Crippen LogP contribution in [0.25, 0.3) is 11.4 Å². The van der Waals surface area contributed by atoms with Crippen LogP contribution in [0, 0.1) is 12.8 Å². The van der Waals surface area contributed by atoms with Crippen LogP contribution >= 0.6 is 11.6 Å². The van der Waals surface area contributed by atoms with Gasteiger partial charge >= 0.3 is 0 Å². The normalized spacial score (nSPS) is 17.2. The maximum absolute atomic E-state index is 12.8. The smallest absolute Gasteiger partial charge is 0.241 e. The molecular weight excluding hydrogens is 388 g/mol. The van der Waals surface area contributed by atoms with Crippen LogP contribution in [0.4, 0.5) is 5.69 Å². The van der Waals surface area contributed by atoms with Gasteiger partial charge in [0.05, 0.1) is 12.5 Å². The summed E-state index contributed by atoms with van der Waals surface area (Å²) in [4.78, 5) is 19.5. The summed E-state index contributed by atoms with van der Waals surface area (Å²) in [7, 11) is 0. The molecular formula is C22H23ClN4O2. The molecule has 1 saturated heterocycles. The van der Waals surface area contributed by atoms with Crippen LogP contribution in [0.2, 0.25) is 5.02 Å². The van der Waals surface area contributed by atoms with Gasteiger partial charge in [-0.25, -0.2) is 0 Å². The van der Waals surface area contributed by atoms with Crippen molar-refractivity contribution >= 4 is 23.2 Å². The van der Waals surface area contributed by atoms with E-state index in [1.807, 2.05) is 49.4 Å². The summed E-state index contributed by atoms with van der Waals surface area (Å²) >= 11 is 6.00. The minimum absolute atomic E-state index is 0.0376. The number of hydrogen-bond donors (Lipinski definition) is 1. The van der Waals surface area contributed by atoms with Crippen LogP contribution < -0.4 is 5.32 Å². The molecule has 1 amide bonds. The Labute approximate surface area is 174 Å². The second-order valence-electron chi connectivity index (χ2n) is 7.40. The predicted octanol–water partition coefficient (Wildman–Crippen LogP) is 4.55. The number of aromatic nitrogens is 2. The summed E-state index contributed by atoms with van der Waals surface area (Å²) < 4.78 is 5.42. The maximum atomic E-state index is 12.8. The average Bonchev–Trinajstić information content (AvgIpc) is 3.19. The number of likely N-dealkylation sites (tertiary alicyclic amines) is 1. The van der Waals surface area contributed by atoms with Crippen LogP contribution in [-0.4, -0.2) is 34.0 Å². The fourth-order valence-electron chi connectivity index (χ4n) is 3.63. The number of anilines is 1. The molecule has 1 unspecified atom stereocenters. The Hall–Kier alpha value is -2.70. The first-order valence-corrected chi connectivity index (χ1v) is 10.1. The van der Waals surface area contributed by atoms with Gasteiger partial charge < -0.3 is 9.84 Å². The van der Waals surface area contributed by atoms with E-state index in [-0.39, 0.29) is 11.8 Å². The second kappa shape index (κ2) is 8.76. The molecule has 1 aliphatic heterocycles. The molecule has 4 rings (SSSR count). The number of aryl methyl sites for hydroxylation is 1. The molecule has 1 atom stereocenters. The highest BCUT2D eigenvalue weighted by atomic mass is 35.5. The number of piperidine rings is 1. The highest BCUT2D eigenvalue weighted by molar-refractivity contribution is 6.30. The zero-order valence-corrected chi connectivity index (χ0v) is 17.0. The summed E-state index contributed by atoms with van der Waals surface area (Å²) in [6, 6.07) is 15.2. The number of benzene rings is 2. The Morgan fingerprint density at radius 3 is 2.90 bits per heavy atom. The maximum Gasteiger partial charge on any atom is 0.241 e. The third-order valence-corrected chi connectivity index (χ3v) is 5.42. The molecule has 0 spiro atoms. The molecule has 1 aromatic heterocycles. The van der Waals surface area contributed by atoms with E-state index in [1.54, 1.807) is 6.07 Å². The fourth-order valence-corrected chi connectivity index (χ4v) is 3.86. The largest absolute Gasteiger partial charge is 0.338 e. The third-order valence-electron chi connectivity index (χ3n) is 5.18. The molecule has 0 bridgehead atoms. The lowest BCUT2D eigenvalue weighted by atomic mass is 9.97. The van der Waals surface area contributed by atoms with Gasteiger partial charge in [0, 0.05) is 22.8 Å². The predicted molar refractivity (Wildman–Crippen MR) is 113 cm³/mol. The van der Waals surface area contributed by atoms with Gasteiger partial charge in [-0.1, -0.05) is 47.1 Å². The van der Waals surface area contributed by atoms with Gasteiger partial charge in [0.15, 0.2) is 0 Å². The molecule has 1 aliphatic rings. The topological polar surface area (TPSA) is 71.3 Å². The van der Waals surface area contributed by atoms with E-state index in [2.05, 4.69) is 20.4 Å². The van der Waals surface area contributed by atoms with Crippen LogP contribution in [0.1, 0.15) is 24.3 Å². The first kappa shape index (κ1) is 19.6. The van der Waals surface area contributed by atoms with Crippen LogP contribution in [0.5, 0.6) is 0 Å². The zero-order chi connectivity index (χ0) is 20.2. The number of carbonyl (C=O) groups excluding carboxylic acids is 1. The Balaban J connectivity index is 1.37. The quantitative estimate of drug-likeness (QED) is 0.668. The molecule has 150 valence electrons. The molecule has 0 radical (unpaired) electrons. The summed E-state index contributed by atoms with van der Waals surface area (Å²) in [5, 5.41) is 7.78. The van der Waals surface area contributed by atoms with Gasteiger partial charge in [0.2, 0.25) is 17.6 Å². The van der Waals surface area contributed by atoms with Gasteiger partial charge in [-0.3, -0.25) is 9.69 Å². The van der Waals surface area contributed by atoms with Crippen LogP contribution in [0.3, 0.4) is 0 Å². The van der Waals surface area contributed by atoms with Crippen molar-refractivity contribution in [1.29, 1.82) is 0 Å². The summed E-state index contributed by atoms with van der Waals surface area (Å²) in [6.07, 6.45) is 1.82. The Morgan fingerprint density at radius 2 is 2.10 bits per heavy atom. The molecule has 1 fully saturated rings. The summed E-state index contributed by atoms with van der Waals surface area (Å²) in [5.74, 6) is 1.12. The number of rotatable bonds is 5. The fraction of sp³-hybridized carbons (Fsp3) is 0.318. The average molecular weight is 411 g/mol. The van der Waals surface area contributed by atoms with Crippen LogP contribution in [-0.2, 0) is 11.3 Å². The lowest BCUT2D eigenvalue weighted by Crippen LogP contribution is -2.40. The molecule has 3 aromatic rings. The molecule has 6 nitrogen and oxygen atoms in total. The number of nitrogens with one attached hydrogen (secondary N) is 1. The van der Waals surface area contributed by atoms with Crippen LogP contribution in [0.15, 0.2) is 53.1 Å². The van der Waals surface area contributed by atoms with E-state index in [9.17, 15) is 4.79 Å². The lowest BCUT2D eigenvalue weighted by molar-refractivity contribution is -0.121. The number of nitrogens with zero attached hydrogens (tertiary/aromatic N) is 3. The van der Waals surface area contributed by atoms with Crippen molar-refractivity contribution in [2.75, 3.05) is 18.4 Å². The van der Waals surface area contributed by atoms with Crippen molar-refractivity contribution in [2.24, 2.45) is 5.92 Å². The Kier molecular flexibility index (Phi) is 5.92. The first-order valence-electron chi connectivity index (χ1n) is 9.76. The highest BCUT2D eigenvalue weighted by Crippen LogP contribution is 2.24. The van der Waals surface area contributed by atoms with E-state index in [4.69, 9.17) is 16.1 Å². The van der Waals surface area contributed by atoms with E-state index in [1.165, 1.54) is 0 Å². The minimum Gasteiger partial charge on any atom is -0.338 e. The molecule has 0 aliphatic carbocycles. The van der Waals surface area contributed by atoms with E-state index >= 15 is 0 Å². The molecule has 0 saturated carbocycles. The Bertz CT molecular complexity index is 989. The van der Waals surface area contributed by atoms with Crippen molar-refractivity contribution in [3.8, 4) is 11.4 Å². The van der Waals surface area contributed by atoms with Crippen molar-refractivity contribution in [2.45, 2.75) is 26.3 Å². The zero-order valence-electron chi connectivity index (χ0n) is 16.3. The number of hydrogen-bond acceptors (Lipinski definition) is 5. The number of carbonyl (C=O) groups is 1. The molecule has 1 N–H and O–H groups in total. The summed E-state index contributed by atoms with van der Waals surface area (Å²) in [5.41, 5.74) is 2.69. The van der Waals surface area contributed by atoms with Crippen molar-refractivity contribution in [1.82, 2.24) is 15.0 Å². The molecule has 7 heteroatoms. The van der Waals surface area contributed by atoms with E-state index < -0.39 is 0 Å². The van der Waals surface area contributed by atoms with Crippen molar-refractivity contribution in [3.63, 3.8) is 0 Å². The summed E-state index contributed by atoms with van der Waals surface area (Å²) in [6.45, 7) is 4.06. The number of halogens is 1. The monoisotopic (exact) mass is 410 g/mol. The van der Waals surface area contributed by atoms with E-state index in [0.717, 1.165) is 36.2 Å². The minimum atomic E-state index is -0.0738. The van der Waals surface area contributed by atoms with Crippen molar-refractivity contribution in [3.05, 3.63) is 65.0 Å². The first-order chi connectivity index (χ1) is 14.1. The number of amides is 1. The highest BCUT2D eigenvalue weighted by Gasteiger charge is 2.27. The van der Waals surface area contributed by atoms with E-state index in [0.29, 0.717) is 29.8 Å². The second-order valence-corrected chi connectivity index (χ2v) is 7.84. The van der Waals surface area contributed by atoms with Gasteiger partial charge in [0.25, 0.3) is 0 Å². The SMILES string of the molecule is Cc1cc(Cl)ccc1NC(=O)C1CCCN(Cc2nc(-c3ccccc3)no2)C1. The molecule has 2 heterocycles.